The third-order valence-corrected chi connectivity index (χ3v) is 8.87. The number of fused-ring (bicyclic) bond motifs is 4. The zero-order valence-electron chi connectivity index (χ0n) is 25.5. The van der Waals surface area contributed by atoms with E-state index >= 15 is 0 Å². The van der Waals surface area contributed by atoms with E-state index in [2.05, 4.69) is 119 Å². The molecule has 5 heterocycles. The van der Waals surface area contributed by atoms with E-state index in [1.54, 1.807) is 0 Å². The van der Waals surface area contributed by atoms with E-state index in [0.29, 0.717) is 6.54 Å². The van der Waals surface area contributed by atoms with E-state index in [4.69, 9.17) is 15.0 Å². The van der Waals surface area contributed by atoms with Crippen LogP contribution in [-0.4, -0.2) is 19.5 Å². The minimum absolute atomic E-state index is 0.619. The Morgan fingerprint density at radius 3 is 1.89 bits per heavy atom. The third-order valence-electron chi connectivity index (χ3n) is 8.87. The molecule has 0 fully saturated rings. The predicted molar refractivity (Wildman–Crippen MR) is 192 cm³/mol. The summed E-state index contributed by atoms with van der Waals surface area (Å²) in [7, 11) is 0. The van der Waals surface area contributed by atoms with Gasteiger partial charge in [0.05, 0.1) is 34.0 Å². The summed E-state index contributed by atoms with van der Waals surface area (Å²) in [4.78, 5) is 15.2. The van der Waals surface area contributed by atoms with Crippen LogP contribution in [0.5, 0.6) is 0 Å². The summed E-state index contributed by atoms with van der Waals surface area (Å²) in [5.74, 6) is 0.852. The summed E-state index contributed by atoms with van der Waals surface area (Å²) >= 11 is 0. The van der Waals surface area contributed by atoms with Crippen LogP contribution in [0.15, 0.2) is 152 Å². The second-order valence-electron chi connectivity index (χ2n) is 11.7. The van der Waals surface area contributed by atoms with E-state index in [0.717, 1.165) is 51.1 Å². The zero-order valence-corrected chi connectivity index (χ0v) is 25.5. The molecule has 0 radical (unpaired) electrons. The number of hydrogen-bond donors (Lipinski definition) is 0. The molecule has 0 spiro atoms. The molecule has 5 heteroatoms. The number of aromatic nitrogens is 4. The smallest absolute Gasteiger partial charge is 0.138 e. The number of hydrogen-bond acceptors (Lipinski definition) is 3. The molecule has 0 saturated heterocycles. The lowest BCUT2D eigenvalue weighted by atomic mass is 9.97. The van der Waals surface area contributed by atoms with E-state index in [1.807, 2.05) is 48.7 Å². The number of para-hydroxylation sites is 1. The summed E-state index contributed by atoms with van der Waals surface area (Å²) in [5, 5.41) is 8.23. The lowest BCUT2D eigenvalue weighted by Gasteiger charge is -2.22. The van der Waals surface area contributed by atoms with Gasteiger partial charge in [-0.15, -0.1) is 0 Å². The van der Waals surface area contributed by atoms with Crippen molar-refractivity contribution in [1.82, 2.24) is 19.5 Å². The van der Waals surface area contributed by atoms with Crippen molar-refractivity contribution in [3.63, 3.8) is 0 Å². The molecular weight excluding hydrogens is 574 g/mol. The molecule has 0 saturated carbocycles. The quantitative estimate of drug-likeness (QED) is 0.197. The third kappa shape index (κ3) is 4.77. The van der Waals surface area contributed by atoms with E-state index < -0.39 is 0 Å². The lowest BCUT2D eigenvalue weighted by molar-refractivity contribution is 0.944. The molecule has 0 bridgehead atoms. The van der Waals surface area contributed by atoms with E-state index in [1.165, 1.54) is 32.8 Å². The highest BCUT2D eigenvalue weighted by Crippen LogP contribution is 2.35. The van der Waals surface area contributed by atoms with Gasteiger partial charge in [0, 0.05) is 22.2 Å². The summed E-state index contributed by atoms with van der Waals surface area (Å²) in [5.41, 5.74) is 11.1. The molecule has 222 valence electrons. The monoisotopic (exact) mass is 602 g/mol. The first-order valence-corrected chi connectivity index (χ1v) is 15.8. The van der Waals surface area contributed by atoms with Gasteiger partial charge >= 0.3 is 0 Å². The largest absolute Gasteiger partial charge is 0.686 e. The van der Waals surface area contributed by atoms with Gasteiger partial charge < -0.3 is 5.32 Å². The van der Waals surface area contributed by atoms with Crippen LogP contribution in [0.3, 0.4) is 0 Å². The molecule has 1 aliphatic heterocycles. The van der Waals surface area contributed by atoms with Gasteiger partial charge in [-0.05, 0) is 64.4 Å². The van der Waals surface area contributed by atoms with Crippen LogP contribution in [0.2, 0.25) is 0 Å². The van der Waals surface area contributed by atoms with Crippen molar-refractivity contribution in [3.8, 4) is 51.0 Å². The minimum atomic E-state index is 0.619. The molecule has 1 aliphatic rings. The Bertz CT molecular complexity index is 2470. The van der Waals surface area contributed by atoms with Crippen LogP contribution in [0.1, 0.15) is 11.3 Å². The van der Waals surface area contributed by atoms with Crippen molar-refractivity contribution in [2.75, 3.05) is 0 Å². The fraction of sp³-hybridized carbons (Fsp3) is 0.0238. The predicted octanol–water partition coefficient (Wildman–Crippen LogP) is 10.5. The van der Waals surface area contributed by atoms with Gasteiger partial charge in [0.25, 0.3) is 0 Å². The van der Waals surface area contributed by atoms with Crippen LogP contribution < -0.4 is 0 Å². The van der Waals surface area contributed by atoms with Crippen LogP contribution >= 0.6 is 0 Å². The van der Waals surface area contributed by atoms with Crippen LogP contribution in [0, 0.1) is 0 Å². The summed E-state index contributed by atoms with van der Waals surface area (Å²) in [6, 6.07) is 50.3. The second kappa shape index (κ2) is 11.2. The maximum Gasteiger partial charge on any atom is 0.138 e. The minimum Gasteiger partial charge on any atom is -0.686 e. The SMILES string of the molecule is C1=Cc2c(n(-c3cccc(-c4cccc(-c5cccc(-c6ccc(-c7cccc8ccccc78)cc6)n5)n4)n3)c3ccccc23)C[N-]1. The maximum atomic E-state index is 5.11. The molecule has 0 amide bonds. The van der Waals surface area contributed by atoms with Crippen molar-refractivity contribution < 1.29 is 0 Å². The van der Waals surface area contributed by atoms with Crippen molar-refractivity contribution in [3.05, 3.63) is 168 Å². The Morgan fingerprint density at radius 1 is 0.489 bits per heavy atom. The number of benzene rings is 4. The van der Waals surface area contributed by atoms with Gasteiger partial charge in [-0.25, -0.2) is 15.0 Å². The highest BCUT2D eigenvalue weighted by molar-refractivity contribution is 5.97. The average molecular weight is 603 g/mol. The topological polar surface area (TPSA) is 57.7 Å². The van der Waals surface area contributed by atoms with Gasteiger partial charge in [0.2, 0.25) is 0 Å². The fourth-order valence-corrected chi connectivity index (χ4v) is 6.63. The molecule has 0 aliphatic carbocycles. The van der Waals surface area contributed by atoms with Crippen LogP contribution in [0.25, 0.3) is 84.0 Å². The summed E-state index contributed by atoms with van der Waals surface area (Å²) < 4.78 is 2.22. The number of nitrogens with zero attached hydrogens (tertiary/aromatic N) is 5. The summed E-state index contributed by atoms with van der Waals surface area (Å²) in [6.45, 7) is 0.619. The Balaban J connectivity index is 1.04. The van der Waals surface area contributed by atoms with Crippen molar-refractivity contribution in [2.24, 2.45) is 0 Å². The second-order valence-corrected chi connectivity index (χ2v) is 11.7. The molecule has 47 heavy (non-hydrogen) atoms. The molecule has 0 N–H and O–H groups in total. The summed E-state index contributed by atoms with van der Waals surface area (Å²) in [6.07, 6.45) is 3.98. The van der Waals surface area contributed by atoms with Crippen molar-refractivity contribution in [1.29, 1.82) is 0 Å². The first kappa shape index (κ1) is 27.0. The van der Waals surface area contributed by atoms with Gasteiger partial charge in [0.1, 0.15) is 5.82 Å². The molecule has 8 aromatic rings. The Hall–Kier alpha value is -6.33. The van der Waals surface area contributed by atoms with Crippen LogP contribution in [-0.2, 0) is 6.54 Å². The van der Waals surface area contributed by atoms with E-state index in [-0.39, 0.29) is 0 Å². The molecule has 4 aromatic heterocycles. The molecule has 5 nitrogen and oxygen atoms in total. The zero-order chi connectivity index (χ0) is 31.2. The van der Waals surface area contributed by atoms with Crippen molar-refractivity contribution >= 4 is 27.8 Å². The molecule has 0 unspecified atom stereocenters. The lowest BCUT2D eigenvalue weighted by Crippen LogP contribution is -2.05. The van der Waals surface area contributed by atoms with E-state index in [9.17, 15) is 0 Å². The number of rotatable bonds is 5. The molecule has 9 rings (SSSR count). The average Bonchev–Trinajstić information content (AvgIpc) is 3.49. The fourth-order valence-electron chi connectivity index (χ4n) is 6.63. The highest BCUT2D eigenvalue weighted by atomic mass is 15.1. The molecule has 4 aromatic carbocycles. The van der Waals surface area contributed by atoms with Gasteiger partial charge in [-0.3, -0.25) is 4.57 Å². The first-order chi connectivity index (χ1) is 23.3. The molecular formula is C42H28N5-. The van der Waals surface area contributed by atoms with Gasteiger partial charge in [-0.1, -0.05) is 116 Å². The van der Waals surface area contributed by atoms with Crippen molar-refractivity contribution in [2.45, 2.75) is 6.54 Å². The van der Waals surface area contributed by atoms with Crippen LogP contribution in [0.4, 0.5) is 0 Å². The van der Waals surface area contributed by atoms with Gasteiger partial charge in [0.15, 0.2) is 0 Å². The normalized spacial score (nSPS) is 12.3. The standard InChI is InChI=1S/C42H28N5/c1-2-11-31-28(9-1)10-5-13-32(31)29-21-23-30(24-22-29)35-14-6-15-36(44-35)37-16-7-17-38(45-37)39-18-8-20-42(46-39)47-40-19-4-3-12-33(40)34-25-26-43-27-41(34)47/h1-26H,27H2/q-1. The first-order valence-electron chi connectivity index (χ1n) is 15.8. The number of pyridine rings is 3. The Morgan fingerprint density at radius 2 is 1.09 bits per heavy atom. The Labute approximate surface area is 272 Å². The highest BCUT2D eigenvalue weighted by Gasteiger charge is 2.17. The van der Waals surface area contributed by atoms with Gasteiger partial charge in [-0.2, -0.15) is 6.20 Å². The Kier molecular flexibility index (Phi) is 6.46. The molecule has 0 atom stereocenters. The maximum absolute atomic E-state index is 5.11.